The van der Waals surface area contributed by atoms with Crippen LogP contribution >= 0.6 is 11.9 Å². The second-order valence-electron chi connectivity index (χ2n) is 2.47. The minimum Gasteiger partial charge on any atom is -0.251 e. The lowest BCUT2D eigenvalue weighted by Gasteiger charge is -2.11. The molecule has 1 rings (SSSR count). The zero-order chi connectivity index (χ0) is 6.53. The summed E-state index contributed by atoms with van der Waals surface area (Å²) in [5, 5.41) is 0. The summed E-state index contributed by atoms with van der Waals surface area (Å²) in [6, 6.07) is 0. The Bertz CT molecular complexity index is 69.3. The lowest BCUT2D eigenvalue weighted by molar-refractivity contribution is 0.586. The minimum absolute atomic E-state index is 1.31. The molecule has 0 amide bonds. The third kappa shape index (κ3) is 2.59. The lowest BCUT2D eigenvalue weighted by Crippen LogP contribution is -2.09. The van der Waals surface area contributed by atoms with Crippen molar-refractivity contribution in [3.05, 3.63) is 0 Å². The molecule has 0 aliphatic carbocycles. The fourth-order valence-corrected chi connectivity index (χ4v) is 1.99. The van der Waals surface area contributed by atoms with E-state index in [2.05, 4.69) is 11.2 Å². The minimum atomic E-state index is 1.31. The standard InChI is InChI=1S/C7H15NS/c1-2-7-9-8-5-3-4-6-8/h2-7H2,1H3. The van der Waals surface area contributed by atoms with E-state index < -0.39 is 0 Å². The molecule has 9 heavy (non-hydrogen) atoms. The van der Waals surface area contributed by atoms with Crippen LogP contribution in [0.5, 0.6) is 0 Å². The van der Waals surface area contributed by atoms with E-state index >= 15 is 0 Å². The van der Waals surface area contributed by atoms with E-state index in [0.717, 1.165) is 0 Å². The molecular formula is C7H15NS. The summed E-state index contributed by atoms with van der Waals surface area (Å²) >= 11 is 2.02. The van der Waals surface area contributed by atoms with Crippen LogP contribution in [0.4, 0.5) is 0 Å². The number of hydrogen-bond acceptors (Lipinski definition) is 2. The van der Waals surface area contributed by atoms with Crippen molar-refractivity contribution in [3.8, 4) is 0 Å². The highest BCUT2D eigenvalue weighted by Gasteiger charge is 2.09. The molecule has 1 saturated heterocycles. The third-order valence-electron chi connectivity index (χ3n) is 1.54. The smallest absolute Gasteiger partial charge is 0.00898 e. The van der Waals surface area contributed by atoms with E-state index in [1.165, 1.54) is 38.1 Å². The third-order valence-corrected chi connectivity index (χ3v) is 2.86. The monoisotopic (exact) mass is 145 g/mol. The van der Waals surface area contributed by atoms with Crippen molar-refractivity contribution >= 4 is 11.9 Å². The fraction of sp³-hybridized carbons (Fsp3) is 1.00. The zero-order valence-corrected chi connectivity index (χ0v) is 6.91. The van der Waals surface area contributed by atoms with Crippen molar-refractivity contribution < 1.29 is 0 Å². The summed E-state index contributed by atoms with van der Waals surface area (Å²) in [4.78, 5) is 0. The second kappa shape index (κ2) is 4.18. The van der Waals surface area contributed by atoms with E-state index in [1.807, 2.05) is 11.9 Å². The molecule has 0 saturated carbocycles. The van der Waals surface area contributed by atoms with Crippen LogP contribution in [-0.2, 0) is 0 Å². The summed E-state index contributed by atoms with van der Waals surface area (Å²) in [5.74, 6) is 1.31. The normalized spacial score (nSPS) is 21.0. The van der Waals surface area contributed by atoms with Crippen molar-refractivity contribution in [3.63, 3.8) is 0 Å². The van der Waals surface area contributed by atoms with E-state index in [0.29, 0.717) is 0 Å². The number of nitrogens with zero attached hydrogens (tertiary/aromatic N) is 1. The predicted octanol–water partition coefficient (Wildman–Crippen LogP) is 2.14. The molecule has 1 heterocycles. The van der Waals surface area contributed by atoms with Gasteiger partial charge in [0.05, 0.1) is 0 Å². The van der Waals surface area contributed by atoms with Crippen LogP contribution in [0.25, 0.3) is 0 Å². The molecule has 0 atom stereocenters. The van der Waals surface area contributed by atoms with Crippen molar-refractivity contribution in [2.24, 2.45) is 0 Å². The predicted molar refractivity (Wildman–Crippen MR) is 43.6 cm³/mol. The Balaban J connectivity index is 1.98. The molecule has 0 spiro atoms. The molecule has 0 aromatic carbocycles. The Morgan fingerprint density at radius 1 is 1.33 bits per heavy atom. The molecule has 0 radical (unpaired) electrons. The molecule has 0 aromatic rings. The van der Waals surface area contributed by atoms with E-state index in [4.69, 9.17) is 0 Å². The molecule has 0 bridgehead atoms. The van der Waals surface area contributed by atoms with Gasteiger partial charge in [0, 0.05) is 18.8 Å². The summed E-state index contributed by atoms with van der Waals surface area (Å²) in [5.41, 5.74) is 0. The zero-order valence-electron chi connectivity index (χ0n) is 6.10. The van der Waals surface area contributed by atoms with Gasteiger partial charge in [-0.1, -0.05) is 18.9 Å². The second-order valence-corrected chi connectivity index (χ2v) is 3.65. The van der Waals surface area contributed by atoms with Crippen molar-refractivity contribution in [2.45, 2.75) is 26.2 Å². The average Bonchev–Trinajstić information content (AvgIpc) is 2.34. The topological polar surface area (TPSA) is 3.24 Å². The largest absolute Gasteiger partial charge is 0.251 e. The van der Waals surface area contributed by atoms with Gasteiger partial charge in [-0.2, -0.15) is 0 Å². The van der Waals surface area contributed by atoms with Gasteiger partial charge in [0.1, 0.15) is 0 Å². The van der Waals surface area contributed by atoms with Crippen LogP contribution in [-0.4, -0.2) is 23.1 Å². The van der Waals surface area contributed by atoms with Crippen LogP contribution in [0.1, 0.15) is 26.2 Å². The highest BCUT2D eigenvalue weighted by Crippen LogP contribution is 2.18. The van der Waals surface area contributed by atoms with Crippen molar-refractivity contribution in [1.82, 2.24) is 4.31 Å². The van der Waals surface area contributed by atoms with Gasteiger partial charge in [-0.15, -0.1) is 0 Å². The number of hydrogen-bond donors (Lipinski definition) is 0. The van der Waals surface area contributed by atoms with Gasteiger partial charge in [0.15, 0.2) is 0 Å². The summed E-state index contributed by atoms with van der Waals surface area (Å²) in [7, 11) is 0. The van der Waals surface area contributed by atoms with Crippen LogP contribution in [0.15, 0.2) is 0 Å². The summed E-state index contributed by atoms with van der Waals surface area (Å²) < 4.78 is 2.49. The first-order chi connectivity index (χ1) is 4.43. The maximum atomic E-state index is 2.49. The quantitative estimate of drug-likeness (QED) is 0.560. The Kier molecular flexibility index (Phi) is 3.44. The van der Waals surface area contributed by atoms with Gasteiger partial charge in [-0.25, -0.2) is 0 Å². The Morgan fingerprint density at radius 2 is 2.00 bits per heavy atom. The molecular weight excluding hydrogens is 130 g/mol. The fourth-order valence-electron chi connectivity index (χ4n) is 1.04. The Labute approximate surface area is 61.9 Å². The SMILES string of the molecule is CCCSN1CCCC1. The molecule has 2 heteroatoms. The van der Waals surface area contributed by atoms with Gasteiger partial charge in [0.2, 0.25) is 0 Å². The molecule has 1 aliphatic rings. The van der Waals surface area contributed by atoms with Gasteiger partial charge >= 0.3 is 0 Å². The highest BCUT2D eigenvalue weighted by atomic mass is 32.2. The van der Waals surface area contributed by atoms with Crippen LogP contribution in [0.3, 0.4) is 0 Å². The van der Waals surface area contributed by atoms with E-state index in [1.54, 1.807) is 0 Å². The maximum Gasteiger partial charge on any atom is 0.00898 e. The molecule has 0 unspecified atom stereocenters. The van der Waals surface area contributed by atoms with Crippen LogP contribution < -0.4 is 0 Å². The highest BCUT2D eigenvalue weighted by molar-refractivity contribution is 7.97. The molecule has 1 fully saturated rings. The van der Waals surface area contributed by atoms with Gasteiger partial charge in [0.25, 0.3) is 0 Å². The summed E-state index contributed by atoms with van der Waals surface area (Å²) in [6.07, 6.45) is 4.13. The first-order valence-corrected chi connectivity index (χ1v) is 4.75. The van der Waals surface area contributed by atoms with Crippen LogP contribution in [0, 0.1) is 0 Å². The van der Waals surface area contributed by atoms with Crippen molar-refractivity contribution in [1.29, 1.82) is 0 Å². The molecule has 0 N–H and O–H groups in total. The lowest BCUT2D eigenvalue weighted by atomic mass is 10.4. The first kappa shape index (κ1) is 7.42. The van der Waals surface area contributed by atoms with Gasteiger partial charge in [-0.05, 0) is 19.3 Å². The molecule has 1 nitrogen and oxygen atoms in total. The maximum absolute atomic E-state index is 2.49. The Hall–Kier alpha value is 0.310. The molecule has 54 valence electrons. The van der Waals surface area contributed by atoms with E-state index in [-0.39, 0.29) is 0 Å². The van der Waals surface area contributed by atoms with Gasteiger partial charge in [-0.3, -0.25) is 4.31 Å². The first-order valence-electron chi connectivity index (χ1n) is 3.81. The van der Waals surface area contributed by atoms with E-state index in [9.17, 15) is 0 Å². The average molecular weight is 145 g/mol. The Morgan fingerprint density at radius 3 is 2.56 bits per heavy atom. The summed E-state index contributed by atoms with van der Waals surface area (Å²) in [6.45, 7) is 4.89. The van der Waals surface area contributed by atoms with Gasteiger partial charge < -0.3 is 0 Å². The van der Waals surface area contributed by atoms with Crippen molar-refractivity contribution in [2.75, 3.05) is 18.8 Å². The van der Waals surface area contributed by atoms with Crippen LogP contribution in [0.2, 0.25) is 0 Å². The number of rotatable bonds is 3. The molecule has 1 aliphatic heterocycles. The molecule has 0 aromatic heterocycles.